The Labute approximate surface area is 59.6 Å². The molecule has 0 aliphatic carbocycles. The largest absolute Gasteiger partial charge is 0.391 e. The molecule has 1 N–H and O–H groups in total. The third-order valence-corrected chi connectivity index (χ3v) is 3.34. The molecule has 0 fully saturated rings. The molecule has 3 nitrogen and oxygen atoms in total. The van der Waals surface area contributed by atoms with Crippen LogP contribution in [0.4, 0.5) is 0 Å². The molecule has 9 heavy (non-hydrogen) atoms. The minimum absolute atomic E-state index is 0.984. The number of rotatable bonds is 2. The van der Waals surface area contributed by atoms with Gasteiger partial charge in [0, 0.05) is 6.26 Å². The maximum absolute atomic E-state index is 10.5. The lowest BCUT2D eigenvalue weighted by Crippen LogP contribution is -2.25. The van der Waals surface area contributed by atoms with Crippen LogP contribution >= 0.6 is 11.6 Å². The first-order chi connectivity index (χ1) is 3.85. The highest BCUT2D eigenvalue weighted by Gasteiger charge is 2.22. The van der Waals surface area contributed by atoms with Gasteiger partial charge in [-0.15, -0.1) is 11.6 Å². The molecule has 0 saturated carbocycles. The van der Waals surface area contributed by atoms with Gasteiger partial charge in [0.2, 0.25) is 0 Å². The normalized spacial score (nSPS) is 19.1. The van der Waals surface area contributed by atoms with Crippen molar-refractivity contribution in [1.82, 2.24) is 0 Å². The second-order valence-electron chi connectivity index (χ2n) is 1.92. The molecule has 0 aliphatic rings. The first-order valence-electron chi connectivity index (χ1n) is 2.36. The predicted molar refractivity (Wildman–Crippen MR) is 36.2 cm³/mol. The van der Waals surface area contributed by atoms with Gasteiger partial charge >= 0.3 is 0 Å². The lowest BCUT2D eigenvalue weighted by molar-refractivity contribution is 0.208. The average Bonchev–Trinajstić information content (AvgIpc) is 1.62. The Hall–Kier alpha value is 0.200. The standard InChI is InChI=1S/C4H9ClO3S/c1-3(6)4(5)9(2,7)8/h3-4,6H,1-2H3/t3-,4+/m1/s1. The monoisotopic (exact) mass is 172 g/mol. The molecule has 0 bridgehead atoms. The van der Waals surface area contributed by atoms with E-state index in [9.17, 15) is 8.42 Å². The molecule has 0 heterocycles. The predicted octanol–water partition coefficient (Wildman–Crippen LogP) is -0.0233. The third kappa shape index (κ3) is 3.03. The first kappa shape index (κ1) is 9.20. The summed E-state index contributed by atoms with van der Waals surface area (Å²) in [4.78, 5) is 0. The summed E-state index contributed by atoms with van der Waals surface area (Å²) in [6, 6.07) is 0. The maximum atomic E-state index is 10.5. The zero-order valence-electron chi connectivity index (χ0n) is 5.20. The summed E-state index contributed by atoms with van der Waals surface area (Å²) < 4.78 is 19.8. The Bertz CT molecular complexity index is 172. The van der Waals surface area contributed by atoms with Gasteiger partial charge in [-0.1, -0.05) is 0 Å². The van der Waals surface area contributed by atoms with E-state index in [0.29, 0.717) is 0 Å². The lowest BCUT2D eigenvalue weighted by atomic mass is 10.5. The summed E-state index contributed by atoms with van der Waals surface area (Å²) >= 11 is 5.25. The van der Waals surface area contributed by atoms with Crippen LogP contribution in [0.25, 0.3) is 0 Å². The van der Waals surface area contributed by atoms with Gasteiger partial charge in [0.15, 0.2) is 14.5 Å². The second-order valence-corrected chi connectivity index (χ2v) is 4.82. The molecule has 0 aromatic carbocycles. The number of halogens is 1. The molecule has 0 unspecified atom stereocenters. The van der Waals surface area contributed by atoms with Gasteiger partial charge in [-0.05, 0) is 6.92 Å². The minimum atomic E-state index is -3.29. The topological polar surface area (TPSA) is 54.4 Å². The van der Waals surface area contributed by atoms with E-state index in [1.165, 1.54) is 6.92 Å². The van der Waals surface area contributed by atoms with E-state index >= 15 is 0 Å². The minimum Gasteiger partial charge on any atom is -0.391 e. The molecular weight excluding hydrogens is 164 g/mol. The lowest BCUT2D eigenvalue weighted by Gasteiger charge is -2.08. The van der Waals surface area contributed by atoms with Crippen LogP contribution in [0.1, 0.15) is 6.92 Å². The smallest absolute Gasteiger partial charge is 0.166 e. The maximum Gasteiger partial charge on any atom is 0.166 e. The molecule has 0 spiro atoms. The van der Waals surface area contributed by atoms with Crippen molar-refractivity contribution in [2.24, 2.45) is 0 Å². The van der Waals surface area contributed by atoms with Gasteiger partial charge in [0.1, 0.15) is 0 Å². The molecule has 56 valence electrons. The van der Waals surface area contributed by atoms with Crippen molar-refractivity contribution in [1.29, 1.82) is 0 Å². The number of aliphatic hydroxyl groups excluding tert-OH is 1. The highest BCUT2D eigenvalue weighted by Crippen LogP contribution is 2.08. The van der Waals surface area contributed by atoms with E-state index in [0.717, 1.165) is 6.26 Å². The van der Waals surface area contributed by atoms with E-state index in [2.05, 4.69) is 0 Å². The summed E-state index contributed by atoms with van der Waals surface area (Å²) in [6.07, 6.45) is -0.0288. The van der Waals surface area contributed by atoms with Crippen LogP contribution < -0.4 is 0 Å². The van der Waals surface area contributed by atoms with Crippen molar-refractivity contribution in [3.63, 3.8) is 0 Å². The van der Waals surface area contributed by atoms with Crippen molar-refractivity contribution in [3.8, 4) is 0 Å². The Balaban J connectivity index is 4.24. The molecule has 0 amide bonds. The highest BCUT2D eigenvalue weighted by molar-refractivity contribution is 7.92. The van der Waals surface area contributed by atoms with Gasteiger partial charge in [-0.2, -0.15) is 0 Å². The molecule has 5 heteroatoms. The Morgan fingerprint density at radius 2 is 1.89 bits per heavy atom. The van der Waals surface area contributed by atoms with E-state index in [1.807, 2.05) is 0 Å². The summed E-state index contributed by atoms with van der Waals surface area (Å²) in [6.45, 7) is 1.33. The van der Waals surface area contributed by atoms with Crippen LogP contribution in [0.15, 0.2) is 0 Å². The molecule has 2 atom stereocenters. The third-order valence-electron chi connectivity index (χ3n) is 0.788. The summed E-state index contributed by atoms with van der Waals surface area (Å²) in [5, 5.41) is 8.65. The molecule has 0 aromatic heterocycles. The fraction of sp³-hybridized carbons (Fsp3) is 1.00. The summed E-state index contributed by atoms with van der Waals surface area (Å²) in [7, 11) is -3.29. The second kappa shape index (κ2) is 2.86. The number of hydrogen-bond donors (Lipinski definition) is 1. The van der Waals surface area contributed by atoms with Crippen LogP contribution in [-0.4, -0.2) is 30.6 Å². The molecule has 0 saturated heterocycles. The van der Waals surface area contributed by atoms with Crippen LogP contribution in [0, 0.1) is 0 Å². The Kier molecular flexibility index (Phi) is 2.92. The van der Waals surface area contributed by atoms with Gasteiger partial charge in [-0.3, -0.25) is 0 Å². The van der Waals surface area contributed by atoms with Crippen LogP contribution in [-0.2, 0) is 9.84 Å². The Morgan fingerprint density at radius 1 is 1.56 bits per heavy atom. The Morgan fingerprint density at radius 3 is 1.89 bits per heavy atom. The SMILES string of the molecule is C[C@@H](O)[C@@H](Cl)S(C)(=O)=O. The van der Waals surface area contributed by atoms with Gasteiger partial charge in [0.25, 0.3) is 0 Å². The molecule has 0 rings (SSSR count). The summed E-state index contributed by atoms with van der Waals surface area (Å²) in [5.41, 5.74) is 0. The van der Waals surface area contributed by atoms with E-state index < -0.39 is 20.7 Å². The van der Waals surface area contributed by atoms with E-state index in [-0.39, 0.29) is 0 Å². The van der Waals surface area contributed by atoms with Crippen LogP contribution in [0.2, 0.25) is 0 Å². The van der Waals surface area contributed by atoms with Crippen LogP contribution in [0.5, 0.6) is 0 Å². The van der Waals surface area contributed by atoms with Crippen molar-refractivity contribution < 1.29 is 13.5 Å². The van der Waals surface area contributed by atoms with Crippen molar-refractivity contribution in [2.45, 2.75) is 17.7 Å². The number of hydrogen-bond acceptors (Lipinski definition) is 3. The van der Waals surface area contributed by atoms with Crippen molar-refractivity contribution in [3.05, 3.63) is 0 Å². The highest BCUT2D eigenvalue weighted by atomic mass is 35.5. The van der Waals surface area contributed by atoms with Crippen molar-refractivity contribution in [2.75, 3.05) is 6.26 Å². The quantitative estimate of drug-likeness (QED) is 0.596. The zero-order chi connectivity index (χ0) is 7.65. The van der Waals surface area contributed by atoms with Crippen molar-refractivity contribution >= 4 is 21.4 Å². The molecular formula is C4H9ClO3S. The molecule has 0 aliphatic heterocycles. The van der Waals surface area contributed by atoms with Gasteiger partial charge in [0.05, 0.1) is 6.10 Å². The van der Waals surface area contributed by atoms with Gasteiger partial charge < -0.3 is 5.11 Å². The zero-order valence-corrected chi connectivity index (χ0v) is 6.78. The van der Waals surface area contributed by atoms with E-state index in [1.54, 1.807) is 0 Å². The van der Waals surface area contributed by atoms with E-state index in [4.69, 9.17) is 16.7 Å². The summed E-state index contributed by atoms with van der Waals surface area (Å²) in [5.74, 6) is 0. The molecule has 0 radical (unpaired) electrons. The average molecular weight is 173 g/mol. The fourth-order valence-electron chi connectivity index (χ4n) is 0.358. The first-order valence-corrected chi connectivity index (χ1v) is 4.76. The number of sulfone groups is 1. The molecule has 0 aromatic rings. The van der Waals surface area contributed by atoms with Crippen LogP contribution in [0.3, 0.4) is 0 Å². The number of aliphatic hydroxyl groups is 1. The fourth-order valence-corrected chi connectivity index (χ4v) is 1.07. The number of alkyl halides is 1. The van der Waals surface area contributed by atoms with Gasteiger partial charge in [-0.25, -0.2) is 8.42 Å².